The summed E-state index contributed by atoms with van der Waals surface area (Å²) in [6, 6.07) is 0. The predicted octanol–water partition coefficient (Wildman–Crippen LogP) is 2.38. The standard InChI is InChI=1S/C9H12/c1-6-7(2)9-4-3-8(6)5-9/h3-4,7-9H,1,5H2,2H3. The number of fused-ring (bicyclic) bond motifs is 2. The van der Waals surface area contributed by atoms with Crippen LogP contribution in [-0.4, -0.2) is 0 Å². The minimum absolute atomic E-state index is 0.741. The molecule has 0 amide bonds. The second-order valence-electron chi connectivity index (χ2n) is 3.25. The van der Waals surface area contributed by atoms with Crippen LogP contribution in [0.5, 0.6) is 0 Å². The monoisotopic (exact) mass is 120 g/mol. The second kappa shape index (κ2) is 1.50. The molecule has 2 aliphatic rings. The van der Waals surface area contributed by atoms with Crippen molar-refractivity contribution in [1.82, 2.24) is 0 Å². The summed E-state index contributed by atoms with van der Waals surface area (Å²) in [4.78, 5) is 0. The van der Waals surface area contributed by atoms with E-state index < -0.39 is 0 Å². The molecular weight excluding hydrogens is 108 g/mol. The number of hydrogen-bond acceptors (Lipinski definition) is 0. The Bertz CT molecular complexity index is 176. The summed E-state index contributed by atoms with van der Waals surface area (Å²) in [5, 5.41) is 0. The summed E-state index contributed by atoms with van der Waals surface area (Å²) in [6.45, 7) is 6.35. The molecule has 0 saturated heterocycles. The van der Waals surface area contributed by atoms with Crippen LogP contribution in [0.3, 0.4) is 0 Å². The van der Waals surface area contributed by atoms with Crippen LogP contribution < -0.4 is 0 Å². The van der Waals surface area contributed by atoms with Gasteiger partial charge in [-0.3, -0.25) is 0 Å². The zero-order chi connectivity index (χ0) is 6.43. The average molecular weight is 120 g/mol. The van der Waals surface area contributed by atoms with Gasteiger partial charge in [0.1, 0.15) is 0 Å². The van der Waals surface area contributed by atoms with Crippen LogP contribution in [0.15, 0.2) is 24.3 Å². The van der Waals surface area contributed by atoms with Crippen molar-refractivity contribution in [2.45, 2.75) is 13.3 Å². The van der Waals surface area contributed by atoms with Crippen LogP contribution in [0, 0.1) is 17.8 Å². The predicted molar refractivity (Wildman–Crippen MR) is 39.0 cm³/mol. The highest BCUT2D eigenvalue weighted by Gasteiger charge is 2.35. The van der Waals surface area contributed by atoms with Crippen LogP contribution in [-0.2, 0) is 0 Å². The van der Waals surface area contributed by atoms with E-state index in [1.54, 1.807) is 0 Å². The van der Waals surface area contributed by atoms with E-state index in [4.69, 9.17) is 0 Å². The van der Waals surface area contributed by atoms with E-state index >= 15 is 0 Å². The van der Waals surface area contributed by atoms with Crippen LogP contribution in [0.25, 0.3) is 0 Å². The van der Waals surface area contributed by atoms with Gasteiger partial charge in [0.15, 0.2) is 0 Å². The smallest absolute Gasteiger partial charge is 0.00172 e. The number of rotatable bonds is 0. The summed E-state index contributed by atoms with van der Waals surface area (Å²) < 4.78 is 0. The maximum absolute atomic E-state index is 4.07. The third kappa shape index (κ3) is 0.536. The fourth-order valence-corrected chi connectivity index (χ4v) is 1.99. The molecule has 9 heavy (non-hydrogen) atoms. The average Bonchev–Trinajstić information content (AvgIpc) is 2.37. The minimum Gasteiger partial charge on any atom is -0.0990 e. The minimum atomic E-state index is 0.741. The maximum atomic E-state index is 4.07. The second-order valence-corrected chi connectivity index (χ2v) is 3.25. The highest BCUT2D eigenvalue weighted by molar-refractivity contribution is 5.27. The number of hydrogen-bond donors (Lipinski definition) is 0. The van der Waals surface area contributed by atoms with Crippen molar-refractivity contribution in [3.8, 4) is 0 Å². The summed E-state index contributed by atoms with van der Waals surface area (Å²) in [6.07, 6.45) is 6.01. The zero-order valence-corrected chi connectivity index (χ0v) is 5.80. The van der Waals surface area contributed by atoms with Gasteiger partial charge in [0.25, 0.3) is 0 Å². The molecule has 0 N–H and O–H groups in total. The molecule has 0 aromatic rings. The normalized spacial score (nSPS) is 46.8. The van der Waals surface area contributed by atoms with Gasteiger partial charge in [0, 0.05) is 0 Å². The first-order valence-electron chi connectivity index (χ1n) is 3.66. The molecule has 0 heterocycles. The van der Waals surface area contributed by atoms with Gasteiger partial charge in [-0.25, -0.2) is 0 Å². The van der Waals surface area contributed by atoms with E-state index in [1.807, 2.05) is 0 Å². The summed E-state index contributed by atoms with van der Waals surface area (Å²) in [7, 11) is 0. The Morgan fingerprint density at radius 3 is 2.67 bits per heavy atom. The van der Waals surface area contributed by atoms with Crippen LogP contribution in [0.4, 0.5) is 0 Å². The van der Waals surface area contributed by atoms with Crippen LogP contribution >= 0.6 is 0 Å². The largest absolute Gasteiger partial charge is 0.0990 e. The van der Waals surface area contributed by atoms with Crippen molar-refractivity contribution in [3.63, 3.8) is 0 Å². The highest BCUT2D eigenvalue weighted by atomic mass is 14.4. The lowest BCUT2D eigenvalue weighted by molar-refractivity contribution is 0.557. The van der Waals surface area contributed by atoms with Gasteiger partial charge < -0.3 is 0 Å². The molecule has 0 spiro atoms. The van der Waals surface area contributed by atoms with E-state index in [0.29, 0.717) is 0 Å². The van der Waals surface area contributed by atoms with Gasteiger partial charge in [0.05, 0.1) is 0 Å². The van der Waals surface area contributed by atoms with Gasteiger partial charge >= 0.3 is 0 Å². The first-order chi connectivity index (χ1) is 4.29. The molecule has 2 bridgehead atoms. The van der Waals surface area contributed by atoms with Crippen molar-refractivity contribution in [3.05, 3.63) is 24.3 Å². The fourth-order valence-electron chi connectivity index (χ4n) is 1.99. The SMILES string of the molecule is C=C1C2C=CC(C2)C1C. The molecule has 48 valence electrons. The van der Waals surface area contributed by atoms with Crippen LogP contribution in [0.2, 0.25) is 0 Å². The van der Waals surface area contributed by atoms with E-state index in [1.165, 1.54) is 12.0 Å². The Kier molecular flexibility index (Phi) is 0.879. The molecule has 1 saturated carbocycles. The molecule has 3 unspecified atom stereocenters. The summed E-state index contributed by atoms with van der Waals surface area (Å²) in [5.41, 5.74) is 1.46. The van der Waals surface area contributed by atoms with Crippen molar-refractivity contribution < 1.29 is 0 Å². The van der Waals surface area contributed by atoms with E-state index in [9.17, 15) is 0 Å². The Morgan fingerprint density at radius 2 is 2.33 bits per heavy atom. The third-order valence-electron chi connectivity index (χ3n) is 2.82. The molecular formula is C9H12. The molecule has 0 nitrogen and oxygen atoms in total. The summed E-state index contributed by atoms with van der Waals surface area (Å²) >= 11 is 0. The van der Waals surface area contributed by atoms with Crippen molar-refractivity contribution >= 4 is 0 Å². The molecule has 2 aliphatic carbocycles. The quantitative estimate of drug-likeness (QED) is 0.430. The Balaban J connectivity index is 2.36. The van der Waals surface area contributed by atoms with Gasteiger partial charge in [-0.1, -0.05) is 31.2 Å². The van der Waals surface area contributed by atoms with Crippen molar-refractivity contribution in [2.24, 2.45) is 17.8 Å². The Hall–Kier alpha value is -0.520. The Morgan fingerprint density at radius 1 is 1.56 bits per heavy atom. The maximum Gasteiger partial charge on any atom is -0.00172 e. The zero-order valence-electron chi connectivity index (χ0n) is 5.80. The van der Waals surface area contributed by atoms with Gasteiger partial charge in [-0.15, -0.1) is 0 Å². The Labute approximate surface area is 56.3 Å². The first-order valence-corrected chi connectivity index (χ1v) is 3.66. The lowest BCUT2D eigenvalue weighted by Gasteiger charge is -2.13. The van der Waals surface area contributed by atoms with Gasteiger partial charge in [0.2, 0.25) is 0 Å². The van der Waals surface area contributed by atoms with Crippen molar-refractivity contribution in [2.75, 3.05) is 0 Å². The molecule has 0 aromatic carbocycles. The molecule has 1 fully saturated rings. The first kappa shape index (κ1) is 5.28. The van der Waals surface area contributed by atoms with E-state index in [0.717, 1.165) is 17.8 Å². The number of allylic oxidation sites excluding steroid dienone is 3. The van der Waals surface area contributed by atoms with E-state index in [-0.39, 0.29) is 0 Å². The van der Waals surface area contributed by atoms with Crippen molar-refractivity contribution in [1.29, 1.82) is 0 Å². The molecule has 0 aromatic heterocycles. The van der Waals surface area contributed by atoms with Gasteiger partial charge in [-0.2, -0.15) is 0 Å². The van der Waals surface area contributed by atoms with E-state index in [2.05, 4.69) is 25.7 Å². The molecule has 0 aliphatic heterocycles. The highest BCUT2D eigenvalue weighted by Crippen LogP contribution is 2.46. The molecule has 0 heteroatoms. The third-order valence-corrected chi connectivity index (χ3v) is 2.82. The molecule has 0 radical (unpaired) electrons. The lowest BCUT2D eigenvalue weighted by atomic mass is 9.92. The van der Waals surface area contributed by atoms with Crippen LogP contribution in [0.1, 0.15) is 13.3 Å². The topological polar surface area (TPSA) is 0 Å². The summed E-state index contributed by atoms with van der Waals surface area (Å²) in [5.74, 6) is 2.34. The molecule has 2 rings (SSSR count). The molecule has 3 atom stereocenters. The lowest BCUT2D eigenvalue weighted by Crippen LogP contribution is -2.03. The van der Waals surface area contributed by atoms with Gasteiger partial charge in [-0.05, 0) is 24.2 Å². The fraction of sp³-hybridized carbons (Fsp3) is 0.556.